The van der Waals surface area contributed by atoms with Crippen LogP contribution in [0.2, 0.25) is 0 Å². The second kappa shape index (κ2) is 6.28. The number of benzene rings is 1. The largest absolute Gasteiger partial charge is 0.416 e. The van der Waals surface area contributed by atoms with Gasteiger partial charge in [0.25, 0.3) is 0 Å². The van der Waals surface area contributed by atoms with Gasteiger partial charge in [0.15, 0.2) is 0 Å². The molecule has 0 spiro atoms. The van der Waals surface area contributed by atoms with Gasteiger partial charge in [-0.3, -0.25) is 4.79 Å². The molecule has 1 aliphatic carbocycles. The average Bonchev–Trinajstić information content (AvgIpc) is 2.46. The number of halogens is 3. The van der Waals surface area contributed by atoms with Crippen LogP contribution in [-0.4, -0.2) is 23.4 Å². The molecule has 0 unspecified atom stereocenters. The molecule has 122 valence electrons. The number of carbonyl (C=O) groups is 1. The second-order valence-corrected chi connectivity index (χ2v) is 6.08. The zero-order valence-electron chi connectivity index (χ0n) is 12.6. The Morgan fingerprint density at radius 1 is 1.27 bits per heavy atom. The topological polar surface area (TPSA) is 46.3 Å². The standard InChI is InChI=1S/C16H21F3N2O/c1-21(14(22)15(20)8-3-2-4-9-15)11-12-6-5-7-13(10-12)16(17,18)19/h5-7,10H,2-4,8-9,11,20H2,1H3. The number of amides is 1. The first-order valence-corrected chi connectivity index (χ1v) is 7.43. The zero-order valence-corrected chi connectivity index (χ0v) is 12.6. The van der Waals surface area contributed by atoms with Crippen molar-refractivity contribution in [3.63, 3.8) is 0 Å². The summed E-state index contributed by atoms with van der Waals surface area (Å²) >= 11 is 0. The van der Waals surface area contributed by atoms with Crippen molar-refractivity contribution in [3.8, 4) is 0 Å². The van der Waals surface area contributed by atoms with Gasteiger partial charge in [0.1, 0.15) is 0 Å². The van der Waals surface area contributed by atoms with E-state index >= 15 is 0 Å². The van der Waals surface area contributed by atoms with Crippen LogP contribution in [0.3, 0.4) is 0 Å². The maximum atomic E-state index is 12.7. The Balaban J connectivity index is 2.08. The number of carbonyl (C=O) groups excluding carboxylic acids is 1. The first-order chi connectivity index (χ1) is 10.2. The van der Waals surface area contributed by atoms with Crippen LogP contribution in [-0.2, 0) is 17.5 Å². The summed E-state index contributed by atoms with van der Waals surface area (Å²) in [6, 6.07) is 5.04. The molecule has 0 saturated heterocycles. The van der Waals surface area contributed by atoms with Crippen molar-refractivity contribution < 1.29 is 18.0 Å². The Hall–Kier alpha value is -1.56. The Bertz CT molecular complexity index is 536. The predicted molar refractivity (Wildman–Crippen MR) is 77.9 cm³/mol. The lowest BCUT2D eigenvalue weighted by Crippen LogP contribution is -2.55. The van der Waals surface area contributed by atoms with Crippen molar-refractivity contribution in [2.24, 2.45) is 5.73 Å². The summed E-state index contributed by atoms with van der Waals surface area (Å²) in [5, 5.41) is 0. The van der Waals surface area contributed by atoms with Crippen LogP contribution in [0.5, 0.6) is 0 Å². The van der Waals surface area contributed by atoms with Crippen LogP contribution in [0.4, 0.5) is 13.2 Å². The van der Waals surface area contributed by atoms with E-state index in [-0.39, 0.29) is 12.5 Å². The minimum atomic E-state index is -4.38. The molecule has 2 N–H and O–H groups in total. The van der Waals surface area contributed by atoms with Crippen LogP contribution in [0.25, 0.3) is 0 Å². The minimum absolute atomic E-state index is 0.127. The van der Waals surface area contributed by atoms with E-state index in [1.54, 1.807) is 13.1 Å². The molecule has 6 heteroatoms. The molecule has 0 heterocycles. The highest BCUT2D eigenvalue weighted by molar-refractivity contribution is 5.86. The molecule has 1 aliphatic rings. The quantitative estimate of drug-likeness (QED) is 0.930. The van der Waals surface area contributed by atoms with E-state index in [4.69, 9.17) is 5.73 Å². The molecular formula is C16H21F3N2O. The lowest BCUT2D eigenvalue weighted by Gasteiger charge is -2.35. The van der Waals surface area contributed by atoms with Crippen LogP contribution in [0, 0.1) is 0 Å². The van der Waals surface area contributed by atoms with Crippen molar-refractivity contribution in [3.05, 3.63) is 35.4 Å². The summed E-state index contributed by atoms with van der Waals surface area (Å²) in [5.74, 6) is -0.190. The van der Waals surface area contributed by atoms with Gasteiger partial charge in [-0.25, -0.2) is 0 Å². The third kappa shape index (κ3) is 3.80. The SMILES string of the molecule is CN(Cc1cccc(C(F)(F)F)c1)C(=O)C1(N)CCCCC1. The van der Waals surface area contributed by atoms with Gasteiger partial charge in [-0.15, -0.1) is 0 Å². The third-order valence-electron chi connectivity index (χ3n) is 4.19. The van der Waals surface area contributed by atoms with Gasteiger partial charge in [-0.1, -0.05) is 31.4 Å². The number of hydrogen-bond acceptors (Lipinski definition) is 2. The van der Waals surface area contributed by atoms with Crippen LogP contribution in [0.1, 0.15) is 43.2 Å². The van der Waals surface area contributed by atoms with E-state index in [0.29, 0.717) is 18.4 Å². The first-order valence-electron chi connectivity index (χ1n) is 7.43. The molecule has 1 aromatic rings. The number of nitrogens with zero attached hydrogens (tertiary/aromatic N) is 1. The molecule has 0 atom stereocenters. The van der Waals surface area contributed by atoms with E-state index in [1.165, 1.54) is 11.0 Å². The summed E-state index contributed by atoms with van der Waals surface area (Å²) in [7, 11) is 1.59. The van der Waals surface area contributed by atoms with Crippen molar-refractivity contribution in [1.82, 2.24) is 4.90 Å². The maximum Gasteiger partial charge on any atom is 0.416 e. The van der Waals surface area contributed by atoms with Crippen molar-refractivity contribution in [2.75, 3.05) is 7.05 Å². The fraction of sp³-hybridized carbons (Fsp3) is 0.562. The zero-order chi connectivity index (χ0) is 16.4. The highest BCUT2D eigenvalue weighted by atomic mass is 19.4. The van der Waals surface area contributed by atoms with E-state index in [9.17, 15) is 18.0 Å². The molecule has 0 bridgehead atoms. The molecule has 0 radical (unpaired) electrons. The normalized spacial score (nSPS) is 18.0. The van der Waals surface area contributed by atoms with Crippen LogP contribution in [0.15, 0.2) is 24.3 Å². The van der Waals surface area contributed by atoms with Crippen molar-refractivity contribution >= 4 is 5.91 Å². The van der Waals surface area contributed by atoms with Crippen molar-refractivity contribution in [1.29, 1.82) is 0 Å². The molecule has 1 saturated carbocycles. The van der Waals surface area contributed by atoms with Gasteiger partial charge >= 0.3 is 6.18 Å². The molecule has 22 heavy (non-hydrogen) atoms. The summed E-state index contributed by atoms with van der Waals surface area (Å²) in [6.07, 6.45) is -0.197. The summed E-state index contributed by atoms with van der Waals surface area (Å²) < 4.78 is 38.1. The highest BCUT2D eigenvalue weighted by Crippen LogP contribution is 2.30. The Labute approximate surface area is 128 Å². The predicted octanol–water partition coefficient (Wildman–Crippen LogP) is 3.33. The van der Waals surface area contributed by atoms with Crippen molar-refractivity contribution in [2.45, 2.75) is 50.4 Å². The molecular weight excluding hydrogens is 293 g/mol. The molecule has 1 aromatic carbocycles. The number of rotatable bonds is 3. The summed E-state index contributed by atoms with van der Waals surface area (Å²) in [6.45, 7) is 0.127. The minimum Gasteiger partial charge on any atom is -0.340 e. The molecule has 1 amide bonds. The lowest BCUT2D eigenvalue weighted by atomic mass is 9.81. The average molecular weight is 314 g/mol. The molecule has 0 aromatic heterocycles. The third-order valence-corrected chi connectivity index (χ3v) is 4.19. The fourth-order valence-corrected chi connectivity index (χ4v) is 2.97. The van der Waals surface area contributed by atoms with Gasteiger partial charge in [0, 0.05) is 13.6 Å². The van der Waals surface area contributed by atoms with E-state index in [2.05, 4.69) is 0 Å². The smallest absolute Gasteiger partial charge is 0.340 e. The molecule has 1 fully saturated rings. The summed E-state index contributed by atoms with van der Waals surface area (Å²) in [4.78, 5) is 13.9. The van der Waals surface area contributed by atoms with Crippen LogP contribution >= 0.6 is 0 Å². The molecule has 2 rings (SSSR count). The summed E-state index contributed by atoms with van der Waals surface area (Å²) in [5.41, 5.74) is 5.07. The first kappa shape index (κ1) is 16.8. The monoisotopic (exact) mass is 314 g/mol. The lowest BCUT2D eigenvalue weighted by molar-refractivity contribution is -0.137. The second-order valence-electron chi connectivity index (χ2n) is 6.08. The number of hydrogen-bond donors (Lipinski definition) is 1. The van der Waals surface area contributed by atoms with E-state index in [1.807, 2.05) is 0 Å². The van der Waals surface area contributed by atoms with E-state index in [0.717, 1.165) is 31.4 Å². The van der Waals surface area contributed by atoms with Gasteiger partial charge in [-0.05, 0) is 30.5 Å². The molecule has 0 aliphatic heterocycles. The van der Waals surface area contributed by atoms with Gasteiger partial charge in [0.2, 0.25) is 5.91 Å². The molecule has 3 nitrogen and oxygen atoms in total. The highest BCUT2D eigenvalue weighted by Gasteiger charge is 2.37. The van der Waals surface area contributed by atoms with Crippen LogP contribution < -0.4 is 5.73 Å². The fourth-order valence-electron chi connectivity index (χ4n) is 2.97. The van der Waals surface area contributed by atoms with Gasteiger partial charge in [-0.2, -0.15) is 13.2 Å². The Morgan fingerprint density at radius 3 is 2.50 bits per heavy atom. The number of likely N-dealkylation sites (N-methyl/N-ethyl adjacent to an activating group) is 1. The van der Waals surface area contributed by atoms with Gasteiger partial charge < -0.3 is 10.6 Å². The Kier molecular flexibility index (Phi) is 4.80. The number of nitrogens with two attached hydrogens (primary N) is 1. The maximum absolute atomic E-state index is 12.7. The van der Waals surface area contributed by atoms with Gasteiger partial charge in [0.05, 0.1) is 11.1 Å². The van der Waals surface area contributed by atoms with E-state index < -0.39 is 17.3 Å². The Morgan fingerprint density at radius 2 is 1.91 bits per heavy atom. The number of alkyl halides is 3.